The van der Waals surface area contributed by atoms with E-state index in [9.17, 15) is 4.79 Å². The summed E-state index contributed by atoms with van der Waals surface area (Å²) in [7, 11) is 0. The molecule has 0 saturated carbocycles. The average molecular weight is 310 g/mol. The van der Waals surface area contributed by atoms with E-state index in [2.05, 4.69) is 36.3 Å². The van der Waals surface area contributed by atoms with E-state index in [-0.39, 0.29) is 5.91 Å². The van der Waals surface area contributed by atoms with Crippen molar-refractivity contribution in [3.8, 4) is 0 Å². The van der Waals surface area contributed by atoms with Crippen molar-refractivity contribution >= 4 is 16.8 Å². The van der Waals surface area contributed by atoms with Crippen molar-refractivity contribution in [2.24, 2.45) is 11.8 Å². The molecule has 1 amide bonds. The molecule has 1 heterocycles. The first kappa shape index (κ1) is 15.9. The highest BCUT2D eigenvalue weighted by Crippen LogP contribution is 2.28. The number of hydrogen-bond acceptors (Lipinski definition) is 1. The monoisotopic (exact) mass is 310 g/mol. The lowest BCUT2D eigenvalue weighted by molar-refractivity contribution is -0.120. The number of carbonyl (C=O) groups is 1. The smallest absolute Gasteiger partial charge is 0.224 e. The maximum atomic E-state index is 12.2. The van der Waals surface area contributed by atoms with E-state index in [1.54, 1.807) is 0 Å². The second-order valence-electron chi connectivity index (χ2n) is 6.95. The number of benzene rings is 1. The van der Waals surface area contributed by atoms with Crippen molar-refractivity contribution in [1.82, 2.24) is 10.3 Å². The van der Waals surface area contributed by atoms with Gasteiger partial charge in [-0.15, -0.1) is 0 Å². The van der Waals surface area contributed by atoms with Crippen LogP contribution in [0, 0.1) is 11.8 Å². The Bertz CT molecular complexity index is 711. The molecule has 1 aliphatic carbocycles. The standard InChI is InChI=1S/C20H26N2O/c1-14(2)16-9-7-15(8-10-16)12-22-20(23)11-17-13-21-19-6-4-3-5-18(17)19/h3-7,13-14,16,21H,8-12H2,1-2H3,(H,22,23)/t16-/m0/s1. The van der Waals surface area contributed by atoms with Gasteiger partial charge in [0.2, 0.25) is 5.91 Å². The Morgan fingerprint density at radius 1 is 1.35 bits per heavy atom. The second-order valence-corrected chi connectivity index (χ2v) is 6.95. The van der Waals surface area contributed by atoms with Crippen LogP contribution in [-0.2, 0) is 11.2 Å². The Hall–Kier alpha value is -2.03. The summed E-state index contributed by atoms with van der Waals surface area (Å²) in [5.74, 6) is 1.66. The normalized spacial score (nSPS) is 18.2. The molecule has 0 bridgehead atoms. The van der Waals surface area contributed by atoms with Gasteiger partial charge in [0.15, 0.2) is 0 Å². The topological polar surface area (TPSA) is 44.9 Å². The number of carbonyl (C=O) groups excluding carboxylic acids is 1. The molecule has 1 aromatic heterocycles. The third-order valence-corrected chi connectivity index (χ3v) is 5.03. The van der Waals surface area contributed by atoms with Crippen molar-refractivity contribution in [3.05, 3.63) is 47.7 Å². The maximum absolute atomic E-state index is 12.2. The molecule has 0 radical (unpaired) electrons. The molecule has 1 atom stereocenters. The van der Waals surface area contributed by atoms with Crippen molar-refractivity contribution < 1.29 is 4.79 Å². The van der Waals surface area contributed by atoms with Gasteiger partial charge in [0.25, 0.3) is 0 Å². The van der Waals surface area contributed by atoms with Gasteiger partial charge in [0.1, 0.15) is 0 Å². The number of aromatic nitrogens is 1. The molecule has 0 saturated heterocycles. The summed E-state index contributed by atoms with van der Waals surface area (Å²) in [6.07, 6.45) is 8.24. The van der Waals surface area contributed by atoms with E-state index in [1.165, 1.54) is 12.0 Å². The molecule has 0 aliphatic heterocycles. The zero-order chi connectivity index (χ0) is 16.2. The van der Waals surface area contributed by atoms with E-state index >= 15 is 0 Å². The summed E-state index contributed by atoms with van der Waals surface area (Å²) in [5, 5.41) is 4.22. The summed E-state index contributed by atoms with van der Waals surface area (Å²) in [4.78, 5) is 15.4. The predicted octanol–water partition coefficient (Wildman–Crippen LogP) is 4.21. The number of H-pyrrole nitrogens is 1. The molecule has 2 aromatic rings. The van der Waals surface area contributed by atoms with E-state index < -0.39 is 0 Å². The molecular weight excluding hydrogens is 284 g/mol. The van der Waals surface area contributed by atoms with E-state index in [1.807, 2.05) is 24.4 Å². The Morgan fingerprint density at radius 3 is 2.91 bits per heavy atom. The van der Waals surface area contributed by atoms with Crippen molar-refractivity contribution in [1.29, 1.82) is 0 Å². The lowest BCUT2D eigenvalue weighted by atomic mass is 9.82. The van der Waals surface area contributed by atoms with Crippen LogP contribution in [0.4, 0.5) is 0 Å². The van der Waals surface area contributed by atoms with Crippen molar-refractivity contribution in [3.63, 3.8) is 0 Å². The van der Waals surface area contributed by atoms with Crippen LogP contribution in [-0.4, -0.2) is 17.4 Å². The molecule has 3 nitrogen and oxygen atoms in total. The van der Waals surface area contributed by atoms with Gasteiger partial charge in [-0.25, -0.2) is 0 Å². The van der Waals surface area contributed by atoms with Crippen LogP contribution in [0.25, 0.3) is 10.9 Å². The third kappa shape index (κ3) is 3.84. The largest absolute Gasteiger partial charge is 0.361 e. The Kier molecular flexibility index (Phi) is 4.85. The molecule has 0 spiro atoms. The molecule has 23 heavy (non-hydrogen) atoms. The zero-order valence-electron chi connectivity index (χ0n) is 14.1. The van der Waals surface area contributed by atoms with Gasteiger partial charge < -0.3 is 10.3 Å². The van der Waals surface area contributed by atoms with Crippen LogP contribution < -0.4 is 5.32 Å². The lowest BCUT2D eigenvalue weighted by Crippen LogP contribution is -2.28. The van der Waals surface area contributed by atoms with Crippen LogP contribution in [0.5, 0.6) is 0 Å². The molecule has 3 heteroatoms. The van der Waals surface area contributed by atoms with Crippen molar-refractivity contribution in [2.75, 3.05) is 6.54 Å². The van der Waals surface area contributed by atoms with Gasteiger partial charge in [-0.3, -0.25) is 4.79 Å². The highest BCUT2D eigenvalue weighted by atomic mass is 16.1. The number of aromatic amines is 1. The van der Waals surface area contributed by atoms with Gasteiger partial charge in [-0.1, -0.05) is 43.7 Å². The van der Waals surface area contributed by atoms with E-state index in [4.69, 9.17) is 0 Å². The average Bonchev–Trinajstić information content (AvgIpc) is 2.96. The third-order valence-electron chi connectivity index (χ3n) is 5.03. The fraction of sp³-hybridized carbons (Fsp3) is 0.450. The molecule has 122 valence electrons. The fourth-order valence-electron chi connectivity index (χ4n) is 3.40. The fourth-order valence-corrected chi connectivity index (χ4v) is 3.40. The van der Waals surface area contributed by atoms with Crippen LogP contribution in [0.1, 0.15) is 38.7 Å². The minimum atomic E-state index is 0.0987. The van der Waals surface area contributed by atoms with Crippen LogP contribution >= 0.6 is 0 Å². The van der Waals surface area contributed by atoms with Crippen molar-refractivity contribution in [2.45, 2.75) is 39.5 Å². The SMILES string of the molecule is CC(C)[C@H]1CC=C(CNC(=O)Cc2c[nH]c3ccccc23)CC1. The predicted molar refractivity (Wildman–Crippen MR) is 95.3 cm³/mol. The number of nitrogens with one attached hydrogen (secondary N) is 2. The number of amides is 1. The summed E-state index contributed by atoms with van der Waals surface area (Å²) in [6.45, 7) is 5.30. The lowest BCUT2D eigenvalue weighted by Gasteiger charge is -2.25. The molecule has 1 aliphatic rings. The number of hydrogen-bond donors (Lipinski definition) is 2. The molecule has 2 N–H and O–H groups in total. The van der Waals surface area contributed by atoms with Crippen LogP contribution in [0.15, 0.2) is 42.1 Å². The molecular formula is C20H26N2O. The summed E-state index contributed by atoms with van der Waals surface area (Å²) in [5.41, 5.74) is 3.54. The highest BCUT2D eigenvalue weighted by molar-refractivity contribution is 5.88. The highest BCUT2D eigenvalue weighted by Gasteiger charge is 2.17. The Labute approximate surface area is 138 Å². The number of fused-ring (bicyclic) bond motifs is 1. The van der Waals surface area contributed by atoms with Gasteiger partial charge in [-0.2, -0.15) is 0 Å². The summed E-state index contributed by atoms with van der Waals surface area (Å²) in [6, 6.07) is 8.11. The first-order valence-electron chi connectivity index (χ1n) is 8.63. The minimum absolute atomic E-state index is 0.0987. The molecule has 0 fully saturated rings. The van der Waals surface area contributed by atoms with E-state index in [0.29, 0.717) is 13.0 Å². The summed E-state index contributed by atoms with van der Waals surface area (Å²) >= 11 is 0. The second kappa shape index (κ2) is 7.03. The summed E-state index contributed by atoms with van der Waals surface area (Å²) < 4.78 is 0. The quantitative estimate of drug-likeness (QED) is 0.798. The van der Waals surface area contributed by atoms with Gasteiger partial charge in [0.05, 0.1) is 6.42 Å². The minimum Gasteiger partial charge on any atom is -0.361 e. The van der Waals surface area contributed by atoms with Crippen LogP contribution in [0.2, 0.25) is 0 Å². The van der Waals surface area contributed by atoms with Gasteiger partial charge in [-0.05, 0) is 42.7 Å². The number of rotatable bonds is 5. The molecule has 0 unspecified atom stereocenters. The molecule has 1 aromatic carbocycles. The first-order valence-corrected chi connectivity index (χ1v) is 8.63. The first-order chi connectivity index (χ1) is 11.1. The number of para-hydroxylation sites is 1. The maximum Gasteiger partial charge on any atom is 0.224 e. The Morgan fingerprint density at radius 2 is 2.17 bits per heavy atom. The zero-order valence-corrected chi connectivity index (χ0v) is 14.1. The molecule has 3 rings (SSSR count). The van der Waals surface area contributed by atoms with Gasteiger partial charge >= 0.3 is 0 Å². The number of allylic oxidation sites excluding steroid dienone is 1. The Balaban J connectivity index is 1.52. The van der Waals surface area contributed by atoms with E-state index in [0.717, 1.165) is 41.1 Å². The van der Waals surface area contributed by atoms with Crippen LogP contribution in [0.3, 0.4) is 0 Å². The van der Waals surface area contributed by atoms with Gasteiger partial charge in [0, 0.05) is 23.6 Å².